The molecule has 1 aliphatic heterocycles. The van der Waals surface area contributed by atoms with Gasteiger partial charge < -0.3 is 10.2 Å². The maximum Gasteiger partial charge on any atom is 0.220 e. The third-order valence-corrected chi connectivity index (χ3v) is 5.35. The number of carbonyl (C=O) groups excluding carboxylic acids is 2. The van der Waals surface area contributed by atoms with E-state index in [-0.39, 0.29) is 30.6 Å². The zero-order chi connectivity index (χ0) is 19.1. The van der Waals surface area contributed by atoms with E-state index in [1.54, 1.807) is 12.1 Å². The number of quaternary nitrogens is 1. The topological polar surface area (TPSA) is 50.6 Å². The van der Waals surface area contributed by atoms with E-state index in [1.807, 2.05) is 30.3 Å². The Bertz CT molecular complexity index is 754. The minimum Gasteiger partial charge on any atom is -0.353 e. The summed E-state index contributed by atoms with van der Waals surface area (Å²) >= 11 is 5.93. The van der Waals surface area contributed by atoms with Gasteiger partial charge in [0.1, 0.15) is 6.54 Å². The molecule has 0 aliphatic carbocycles. The van der Waals surface area contributed by atoms with Crippen LogP contribution in [0, 0.1) is 0 Å². The summed E-state index contributed by atoms with van der Waals surface area (Å²) in [5, 5.41) is 3.86. The minimum absolute atomic E-state index is 0.0213. The lowest BCUT2D eigenvalue weighted by Crippen LogP contribution is -3.12. The highest BCUT2D eigenvalue weighted by molar-refractivity contribution is 6.30. The third-order valence-electron chi connectivity index (χ3n) is 5.10. The fourth-order valence-corrected chi connectivity index (χ4v) is 3.66. The first kappa shape index (κ1) is 19.6. The Balaban J connectivity index is 1.36. The normalized spacial score (nSPS) is 19.4. The number of Topliss-reactive ketones (excluding diaryl/α,β-unsaturated/α-hetero) is 1. The van der Waals surface area contributed by atoms with E-state index < -0.39 is 0 Å². The van der Waals surface area contributed by atoms with Crippen molar-refractivity contribution in [1.29, 1.82) is 0 Å². The molecule has 2 N–H and O–H groups in total. The molecule has 4 nitrogen and oxygen atoms in total. The van der Waals surface area contributed by atoms with Gasteiger partial charge in [0.05, 0.1) is 13.1 Å². The summed E-state index contributed by atoms with van der Waals surface area (Å²) in [6.07, 6.45) is 2.46. The smallest absolute Gasteiger partial charge is 0.220 e. The monoisotopic (exact) mass is 385 g/mol. The first-order chi connectivity index (χ1) is 13.1. The Morgan fingerprint density at radius 2 is 1.63 bits per heavy atom. The number of amides is 1. The van der Waals surface area contributed by atoms with E-state index in [9.17, 15) is 9.59 Å². The van der Waals surface area contributed by atoms with Crippen LogP contribution in [-0.4, -0.2) is 30.8 Å². The van der Waals surface area contributed by atoms with Gasteiger partial charge in [0.25, 0.3) is 0 Å². The van der Waals surface area contributed by atoms with Gasteiger partial charge in [-0.2, -0.15) is 0 Å². The molecule has 5 heteroatoms. The molecule has 2 aromatic rings. The van der Waals surface area contributed by atoms with Crippen LogP contribution < -0.4 is 10.2 Å². The molecule has 1 amide bonds. The Morgan fingerprint density at radius 1 is 0.963 bits per heavy atom. The van der Waals surface area contributed by atoms with Gasteiger partial charge in [0, 0.05) is 47.9 Å². The Labute approximate surface area is 165 Å². The summed E-state index contributed by atoms with van der Waals surface area (Å²) in [6, 6.07) is 17.4. The lowest BCUT2D eigenvalue weighted by atomic mass is 10.0. The minimum atomic E-state index is -0.0227. The van der Waals surface area contributed by atoms with Gasteiger partial charge in [-0.3, -0.25) is 9.59 Å². The molecular weight excluding hydrogens is 360 g/mol. The molecule has 27 heavy (non-hydrogen) atoms. The molecule has 0 atom stereocenters. The lowest BCUT2D eigenvalue weighted by molar-refractivity contribution is -0.918. The average molecular weight is 386 g/mol. The van der Waals surface area contributed by atoms with Gasteiger partial charge in [0.15, 0.2) is 5.78 Å². The van der Waals surface area contributed by atoms with E-state index in [4.69, 9.17) is 11.6 Å². The molecule has 1 fully saturated rings. The van der Waals surface area contributed by atoms with Crippen molar-refractivity contribution >= 4 is 23.3 Å². The van der Waals surface area contributed by atoms with Gasteiger partial charge in [-0.25, -0.2) is 0 Å². The molecule has 1 aliphatic rings. The largest absolute Gasteiger partial charge is 0.353 e. The second-order valence-electron chi connectivity index (χ2n) is 7.18. The number of ketones is 1. The molecule has 142 valence electrons. The van der Waals surface area contributed by atoms with Crippen molar-refractivity contribution in [1.82, 2.24) is 5.32 Å². The first-order valence-electron chi connectivity index (χ1n) is 9.56. The van der Waals surface area contributed by atoms with E-state index in [0.717, 1.165) is 37.5 Å². The van der Waals surface area contributed by atoms with Gasteiger partial charge in [-0.15, -0.1) is 0 Å². The van der Waals surface area contributed by atoms with Crippen LogP contribution in [0.15, 0.2) is 54.6 Å². The van der Waals surface area contributed by atoms with Crippen LogP contribution in [0.1, 0.15) is 41.6 Å². The summed E-state index contributed by atoms with van der Waals surface area (Å²) < 4.78 is 0. The number of carbonyl (C=O) groups is 2. The van der Waals surface area contributed by atoms with Crippen LogP contribution >= 0.6 is 11.6 Å². The maximum absolute atomic E-state index is 12.2. The van der Waals surface area contributed by atoms with Crippen LogP contribution in [0.5, 0.6) is 0 Å². The van der Waals surface area contributed by atoms with Crippen LogP contribution in [-0.2, 0) is 11.3 Å². The van der Waals surface area contributed by atoms with Crippen molar-refractivity contribution in [3.63, 3.8) is 0 Å². The van der Waals surface area contributed by atoms with Crippen LogP contribution in [0.2, 0.25) is 5.02 Å². The SMILES string of the molecule is O=C(CCC(=O)c1ccccc1)NC1CC[NH+](Cc2ccc(Cl)cc2)CC1. The van der Waals surface area contributed by atoms with Gasteiger partial charge in [-0.05, 0) is 12.1 Å². The molecule has 0 aromatic heterocycles. The molecule has 2 aromatic carbocycles. The quantitative estimate of drug-likeness (QED) is 0.720. The van der Waals surface area contributed by atoms with Crippen LogP contribution in [0.3, 0.4) is 0 Å². The van der Waals surface area contributed by atoms with Crippen molar-refractivity contribution in [3.8, 4) is 0 Å². The molecule has 1 saturated heterocycles. The highest BCUT2D eigenvalue weighted by atomic mass is 35.5. The average Bonchev–Trinajstić information content (AvgIpc) is 2.70. The fourth-order valence-electron chi connectivity index (χ4n) is 3.53. The lowest BCUT2D eigenvalue weighted by Gasteiger charge is -2.29. The zero-order valence-electron chi connectivity index (χ0n) is 15.4. The van der Waals surface area contributed by atoms with Crippen molar-refractivity contribution in [3.05, 3.63) is 70.7 Å². The molecule has 0 saturated carbocycles. The summed E-state index contributed by atoms with van der Waals surface area (Å²) in [5.74, 6) is -0.00147. The summed E-state index contributed by atoms with van der Waals surface area (Å²) in [6.45, 7) is 3.07. The van der Waals surface area contributed by atoms with Gasteiger partial charge >= 0.3 is 0 Å². The van der Waals surface area contributed by atoms with Crippen LogP contribution in [0.4, 0.5) is 0 Å². The van der Waals surface area contributed by atoms with E-state index in [1.165, 1.54) is 10.5 Å². The van der Waals surface area contributed by atoms with Crippen molar-refractivity contribution < 1.29 is 14.5 Å². The molecular formula is C22H26ClN2O2+. The molecule has 1 heterocycles. The Morgan fingerprint density at radius 3 is 2.30 bits per heavy atom. The number of hydrogen-bond donors (Lipinski definition) is 2. The molecule has 0 bridgehead atoms. The predicted octanol–water partition coefficient (Wildman–Crippen LogP) is 2.67. The zero-order valence-corrected chi connectivity index (χ0v) is 16.2. The van der Waals surface area contributed by atoms with Gasteiger partial charge in [-0.1, -0.05) is 54.1 Å². The highest BCUT2D eigenvalue weighted by Crippen LogP contribution is 2.09. The molecule has 0 radical (unpaired) electrons. The maximum atomic E-state index is 12.2. The van der Waals surface area contributed by atoms with Crippen molar-refractivity contribution in [2.75, 3.05) is 13.1 Å². The fraction of sp³-hybridized carbons (Fsp3) is 0.364. The number of rotatable bonds is 7. The van der Waals surface area contributed by atoms with Crippen molar-refractivity contribution in [2.45, 2.75) is 38.3 Å². The van der Waals surface area contributed by atoms with Crippen LogP contribution in [0.25, 0.3) is 0 Å². The Hall–Kier alpha value is -2.17. The third kappa shape index (κ3) is 6.19. The number of likely N-dealkylation sites (tertiary alicyclic amines) is 1. The molecule has 0 unspecified atom stereocenters. The Kier molecular flexibility index (Phi) is 7.02. The number of piperidine rings is 1. The highest BCUT2D eigenvalue weighted by Gasteiger charge is 2.23. The van der Waals surface area contributed by atoms with Gasteiger partial charge in [0.2, 0.25) is 5.91 Å². The summed E-state index contributed by atoms with van der Waals surface area (Å²) in [4.78, 5) is 25.8. The van der Waals surface area contributed by atoms with E-state index in [0.29, 0.717) is 5.56 Å². The standard InChI is InChI=1S/C22H25ClN2O2/c23-19-8-6-17(7-9-19)16-25-14-12-20(13-15-25)24-22(27)11-10-21(26)18-4-2-1-3-5-18/h1-9,20H,10-16H2,(H,24,27)/p+1. The summed E-state index contributed by atoms with van der Waals surface area (Å²) in [7, 11) is 0. The number of benzene rings is 2. The predicted molar refractivity (Wildman–Crippen MR) is 107 cm³/mol. The van der Waals surface area contributed by atoms with Crippen molar-refractivity contribution in [2.24, 2.45) is 0 Å². The summed E-state index contributed by atoms with van der Waals surface area (Å²) in [5.41, 5.74) is 1.96. The first-order valence-corrected chi connectivity index (χ1v) is 9.93. The van der Waals surface area contributed by atoms with E-state index >= 15 is 0 Å². The second-order valence-corrected chi connectivity index (χ2v) is 7.62. The number of nitrogens with one attached hydrogen (secondary N) is 2. The number of halogens is 1. The number of hydrogen-bond acceptors (Lipinski definition) is 2. The second kappa shape index (κ2) is 9.67. The molecule has 3 rings (SSSR count). The molecule has 0 spiro atoms. The van der Waals surface area contributed by atoms with E-state index in [2.05, 4.69) is 17.4 Å².